The van der Waals surface area contributed by atoms with Gasteiger partial charge < -0.3 is 0 Å². The van der Waals surface area contributed by atoms with Crippen LogP contribution in [-0.2, 0) is 0 Å². The van der Waals surface area contributed by atoms with E-state index >= 15 is 0 Å². The summed E-state index contributed by atoms with van der Waals surface area (Å²) in [5, 5.41) is 11.9. The van der Waals surface area contributed by atoms with Crippen molar-refractivity contribution in [2.24, 2.45) is 0 Å². The topological polar surface area (TPSA) is 80.7 Å². The molecule has 144 valence electrons. The minimum absolute atomic E-state index is 0.128. The van der Waals surface area contributed by atoms with Crippen molar-refractivity contribution in [3.8, 4) is 0 Å². The summed E-state index contributed by atoms with van der Waals surface area (Å²) in [6.45, 7) is 1.98. The molecule has 0 atom stereocenters. The van der Waals surface area contributed by atoms with Gasteiger partial charge in [-0.2, -0.15) is 0 Å². The van der Waals surface area contributed by atoms with E-state index < -0.39 is 5.91 Å². The molecule has 0 saturated heterocycles. The zero-order chi connectivity index (χ0) is 19.8. The van der Waals surface area contributed by atoms with Gasteiger partial charge >= 0.3 is 0 Å². The average molecular weight is 450 g/mol. The van der Waals surface area contributed by atoms with Crippen LogP contribution in [0.15, 0.2) is 52.1 Å². The Bertz CT molecular complexity index is 965. The molecule has 1 aromatic carbocycles. The van der Waals surface area contributed by atoms with Crippen molar-refractivity contribution in [1.82, 2.24) is 20.2 Å². The van der Waals surface area contributed by atoms with Gasteiger partial charge in [0.2, 0.25) is 5.13 Å². The third kappa shape index (κ3) is 6.03. The lowest BCUT2D eigenvalue weighted by molar-refractivity contribution is 0.102. The summed E-state index contributed by atoms with van der Waals surface area (Å²) < 4.78 is 0.768. The van der Waals surface area contributed by atoms with Crippen LogP contribution in [0.4, 0.5) is 5.13 Å². The molecule has 2 aromatic heterocycles. The average Bonchev–Trinajstić information content (AvgIpc) is 3.15. The van der Waals surface area contributed by atoms with E-state index in [1.165, 1.54) is 29.3 Å². The van der Waals surface area contributed by atoms with E-state index in [1.807, 2.05) is 37.3 Å². The third-order valence-electron chi connectivity index (χ3n) is 3.25. The van der Waals surface area contributed by atoms with Gasteiger partial charge in [0.1, 0.15) is 0 Å². The van der Waals surface area contributed by atoms with Crippen molar-refractivity contribution in [1.29, 1.82) is 0 Å². The molecule has 3 aromatic rings. The number of carbonyl (C=O) groups excluding carboxylic acids is 1. The number of hydrogen-bond donors (Lipinski definition) is 1. The van der Waals surface area contributed by atoms with Crippen LogP contribution in [0.1, 0.15) is 23.0 Å². The second-order valence-corrected chi connectivity index (χ2v) is 9.12. The molecule has 0 saturated carbocycles. The normalized spacial score (nSPS) is 11.1. The monoisotopic (exact) mass is 449 g/mol. The van der Waals surface area contributed by atoms with E-state index in [-0.39, 0.29) is 10.7 Å². The van der Waals surface area contributed by atoms with Crippen molar-refractivity contribution >= 4 is 63.6 Å². The van der Waals surface area contributed by atoms with Crippen molar-refractivity contribution in [3.05, 3.63) is 58.9 Å². The standard InChI is InChI=1S/C18H16ClN5OS3/c1-2-26-16-20-11-13(19)14(21-16)15(25)22-17-23-24-18(28-17)27-10-6-9-12-7-4-3-5-8-12/h3-9,11H,2,10H2,1H3,(H,22,23,25). The highest BCUT2D eigenvalue weighted by molar-refractivity contribution is 8.01. The summed E-state index contributed by atoms with van der Waals surface area (Å²) in [7, 11) is 0. The van der Waals surface area contributed by atoms with Gasteiger partial charge in [-0.1, -0.05) is 95.9 Å². The number of aromatic nitrogens is 4. The maximum Gasteiger partial charge on any atom is 0.277 e. The highest BCUT2D eigenvalue weighted by atomic mass is 35.5. The molecule has 0 unspecified atom stereocenters. The van der Waals surface area contributed by atoms with Crippen LogP contribution in [0.2, 0.25) is 5.02 Å². The molecule has 0 fully saturated rings. The molecule has 2 heterocycles. The fraction of sp³-hybridized carbons (Fsp3) is 0.167. The van der Waals surface area contributed by atoms with Crippen LogP contribution in [0.5, 0.6) is 0 Å². The number of rotatable bonds is 8. The lowest BCUT2D eigenvalue weighted by Crippen LogP contribution is -2.15. The lowest BCUT2D eigenvalue weighted by Gasteiger charge is -2.04. The van der Waals surface area contributed by atoms with Gasteiger partial charge in [0.05, 0.1) is 11.2 Å². The first-order valence-corrected chi connectivity index (χ1v) is 11.5. The van der Waals surface area contributed by atoms with Gasteiger partial charge in [0, 0.05) is 5.75 Å². The predicted molar refractivity (Wildman–Crippen MR) is 118 cm³/mol. The number of carbonyl (C=O) groups is 1. The van der Waals surface area contributed by atoms with Crippen molar-refractivity contribution in [2.75, 3.05) is 16.8 Å². The Morgan fingerprint density at radius 1 is 1.25 bits per heavy atom. The molecule has 0 bridgehead atoms. The Kier molecular flexibility index (Phi) is 7.84. The summed E-state index contributed by atoms with van der Waals surface area (Å²) in [5.74, 6) is 1.13. The Hall–Kier alpha value is -1.94. The summed E-state index contributed by atoms with van der Waals surface area (Å²) in [4.78, 5) is 20.7. The van der Waals surface area contributed by atoms with Gasteiger partial charge in [0.25, 0.3) is 5.91 Å². The first-order valence-electron chi connectivity index (χ1n) is 8.30. The molecule has 0 aliphatic heterocycles. The Balaban J connectivity index is 1.56. The Labute approximate surface area is 180 Å². The molecule has 0 aliphatic carbocycles. The van der Waals surface area contributed by atoms with E-state index in [9.17, 15) is 4.79 Å². The number of hydrogen-bond acceptors (Lipinski definition) is 8. The zero-order valence-electron chi connectivity index (χ0n) is 14.8. The van der Waals surface area contributed by atoms with Crippen LogP contribution in [-0.4, -0.2) is 37.6 Å². The van der Waals surface area contributed by atoms with Crippen LogP contribution in [0.3, 0.4) is 0 Å². The first kappa shape index (κ1) is 20.8. The first-order chi connectivity index (χ1) is 13.7. The van der Waals surface area contributed by atoms with E-state index in [1.54, 1.807) is 11.8 Å². The molecular formula is C18H16ClN5OS3. The van der Waals surface area contributed by atoms with Gasteiger partial charge in [0.15, 0.2) is 15.2 Å². The van der Waals surface area contributed by atoms with Gasteiger partial charge in [-0.05, 0) is 11.3 Å². The smallest absolute Gasteiger partial charge is 0.277 e. The second-order valence-electron chi connectivity index (χ2n) is 5.23. The van der Waals surface area contributed by atoms with Crippen LogP contribution >= 0.6 is 46.5 Å². The van der Waals surface area contributed by atoms with Crippen LogP contribution in [0.25, 0.3) is 6.08 Å². The highest BCUT2D eigenvalue weighted by Crippen LogP contribution is 2.26. The van der Waals surface area contributed by atoms with Crippen molar-refractivity contribution in [3.63, 3.8) is 0 Å². The minimum Gasteiger partial charge on any atom is -0.295 e. The quantitative estimate of drug-likeness (QED) is 0.289. The molecule has 28 heavy (non-hydrogen) atoms. The maximum atomic E-state index is 12.4. The van der Waals surface area contributed by atoms with Gasteiger partial charge in [-0.25, -0.2) is 9.97 Å². The number of nitrogens with one attached hydrogen (secondary N) is 1. The number of benzene rings is 1. The number of halogens is 1. The van der Waals surface area contributed by atoms with Gasteiger partial charge in [-0.15, -0.1) is 10.2 Å². The number of anilines is 1. The summed E-state index contributed by atoms with van der Waals surface area (Å²) in [5.41, 5.74) is 1.28. The fourth-order valence-corrected chi connectivity index (χ4v) is 4.35. The van der Waals surface area contributed by atoms with Crippen molar-refractivity contribution < 1.29 is 4.79 Å². The predicted octanol–water partition coefficient (Wildman–Crippen LogP) is 5.15. The molecule has 3 rings (SSSR count). The third-order valence-corrected chi connectivity index (χ3v) is 6.20. The number of amides is 1. The molecule has 1 N–H and O–H groups in total. The van der Waals surface area contributed by atoms with E-state index in [2.05, 4.69) is 37.6 Å². The Morgan fingerprint density at radius 2 is 2.07 bits per heavy atom. The largest absolute Gasteiger partial charge is 0.295 e. The highest BCUT2D eigenvalue weighted by Gasteiger charge is 2.16. The summed E-state index contributed by atoms with van der Waals surface area (Å²) in [6.07, 6.45) is 5.55. The van der Waals surface area contributed by atoms with Crippen LogP contribution in [0, 0.1) is 0 Å². The molecular weight excluding hydrogens is 434 g/mol. The molecule has 0 spiro atoms. The lowest BCUT2D eigenvalue weighted by atomic mass is 10.2. The Morgan fingerprint density at radius 3 is 2.86 bits per heavy atom. The fourth-order valence-electron chi connectivity index (χ4n) is 2.05. The second kappa shape index (κ2) is 10.6. The summed E-state index contributed by atoms with van der Waals surface area (Å²) >= 11 is 10.4. The van der Waals surface area contributed by atoms with E-state index in [0.717, 1.165) is 21.4 Å². The number of nitrogens with zero attached hydrogens (tertiary/aromatic N) is 4. The number of thioether (sulfide) groups is 2. The summed E-state index contributed by atoms with van der Waals surface area (Å²) in [6, 6.07) is 10.1. The molecule has 10 heteroatoms. The van der Waals surface area contributed by atoms with E-state index in [0.29, 0.717) is 10.3 Å². The zero-order valence-corrected chi connectivity index (χ0v) is 18.0. The van der Waals surface area contributed by atoms with Crippen molar-refractivity contribution in [2.45, 2.75) is 16.4 Å². The molecule has 0 aliphatic rings. The molecule has 6 nitrogen and oxygen atoms in total. The van der Waals surface area contributed by atoms with E-state index in [4.69, 9.17) is 11.6 Å². The minimum atomic E-state index is -0.429. The maximum absolute atomic E-state index is 12.4. The molecule has 1 amide bonds. The van der Waals surface area contributed by atoms with Crippen LogP contribution < -0.4 is 5.32 Å². The molecule has 0 radical (unpaired) electrons. The SMILES string of the molecule is CCSc1ncc(Cl)c(C(=O)Nc2nnc(SCC=Cc3ccccc3)s2)n1. The van der Waals surface area contributed by atoms with Gasteiger partial charge in [-0.3, -0.25) is 10.1 Å².